The van der Waals surface area contributed by atoms with Gasteiger partial charge in [0, 0.05) is 23.8 Å². The van der Waals surface area contributed by atoms with Crippen LogP contribution in [-0.4, -0.2) is 34.2 Å². The van der Waals surface area contributed by atoms with Gasteiger partial charge in [-0.25, -0.2) is 16.8 Å². The van der Waals surface area contributed by atoms with Gasteiger partial charge in [0.2, 0.25) is 10.0 Å². The van der Waals surface area contributed by atoms with Crippen LogP contribution in [0.1, 0.15) is 25.7 Å². The van der Waals surface area contributed by atoms with E-state index < -0.39 is 20.0 Å². The number of hydrogen-bond donors (Lipinski definition) is 1. The highest BCUT2D eigenvalue weighted by Gasteiger charge is 2.25. The van der Waals surface area contributed by atoms with Crippen molar-refractivity contribution < 1.29 is 16.8 Å². The average molecular weight is 463 g/mol. The molecule has 152 valence electrons. The third-order valence-electron chi connectivity index (χ3n) is 4.49. The summed E-state index contributed by atoms with van der Waals surface area (Å²) in [4.78, 5) is -0.0129. The van der Waals surface area contributed by atoms with Crippen LogP contribution in [0.4, 0.5) is 5.69 Å². The second-order valence-corrected chi connectivity index (χ2v) is 11.0. The molecule has 0 atom stereocenters. The average Bonchev–Trinajstić information content (AvgIpc) is 2.94. The third-order valence-corrected chi connectivity index (χ3v) is 8.50. The van der Waals surface area contributed by atoms with Gasteiger partial charge in [-0.15, -0.1) is 0 Å². The summed E-state index contributed by atoms with van der Waals surface area (Å²) in [6.45, 7) is 1.01. The maximum Gasteiger partial charge on any atom is 0.263 e. The van der Waals surface area contributed by atoms with Crippen LogP contribution in [0.15, 0.2) is 52.3 Å². The van der Waals surface area contributed by atoms with E-state index in [0.717, 1.165) is 25.7 Å². The Morgan fingerprint density at radius 1 is 0.821 bits per heavy atom. The van der Waals surface area contributed by atoms with Gasteiger partial charge in [-0.05, 0) is 55.3 Å². The van der Waals surface area contributed by atoms with Gasteiger partial charge in [-0.2, -0.15) is 4.31 Å². The molecule has 1 fully saturated rings. The maximum absolute atomic E-state index is 12.8. The van der Waals surface area contributed by atoms with Crippen LogP contribution in [0.2, 0.25) is 10.0 Å². The molecule has 2 aromatic carbocycles. The predicted octanol–water partition coefficient (Wildman–Crippen LogP) is 4.36. The Morgan fingerprint density at radius 3 is 2.04 bits per heavy atom. The number of nitrogens with one attached hydrogen (secondary N) is 1. The van der Waals surface area contributed by atoms with E-state index in [1.165, 1.54) is 46.8 Å². The maximum atomic E-state index is 12.8. The molecule has 1 N–H and O–H groups in total. The molecule has 10 heteroatoms. The topological polar surface area (TPSA) is 83.5 Å². The molecule has 28 heavy (non-hydrogen) atoms. The van der Waals surface area contributed by atoms with E-state index in [0.29, 0.717) is 13.1 Å². The number of anilines is 1. The SMILES string of the molecule is O=S(=O)(Nc1ccc(S(=O)(=O)N2CCCCCC2)cc1)c1cc(Cl)ccc1Cl. The van der Waals surface area contributed by atoms with Crippen molar-refractivity contribution in [3.63, 3.8) is 0 Å². The fourth-order valence-corrected chi connectivity index (χ4v) is 6.36. The molecule has 0 radical (unpaired) electrons. The first-order valence-electron chi connectivity index (χ1n) is 8.78. The van der Waals surface area contributed by atoms with Crippen molar-refractivity contribution in [3.05, 3.63) is 52.5 Å². The number of rotatable bonds is 5. The summed E-state index contributed by atoms with van der Waals surface area (Å²) in [5.41, 5.74) is 0.228. The standard InChI is InChI=1S/C18H20Cl2N2O4S2/c19-14-5-10-17(20)18(13-14)27(23,24)21-15-6-8-16(9-7-15)28(25,26)22-11-3-1-2-4-12-22/h5-10,13,21H,1-4,11-12H2. The van der Waals surface area contributed by atoms with Crippen LogP contribution in [0.5, 0.6) is 0 Å². The lowest BCUT2D eigenvalue weighted by atomic mass is 10.2. The number of sulfonamides is 2. The minimum Gasteiger partial charge on any atom is -0.280 e. The smallest absolute Gasteiger partial charge is 0.263 e. The molecule has 2 aromatic rings. The Bertz CT molecular complexity index is 1050. The van der Waals surface area contributed by atoms with Gasteiger partial charge in [0.25, 0.3) is 10.0 Å². The van der Waals surface area contributed by atoms with Gasteiger partial charge in [0.1, 0.15) is 4.90 Å². The van der Waals surface area contributed by atoms with E-state index in [9.17, 15) is 16.8 Å². The van der Waals surface area contributed by atoms with Crippen LogP contribution < -0.4 is 4.72 Å². The van der Waals surface area contributed by atoms with E-state index in [2.05, 4.69) is 4.72 Å². The first-order valence-corrected chi connectivity index (χ1v) is 12.5. The van der Waals surface area contributed by atoms with Crippen LogP contribution in [0.3, 0.4) is 0 Å². The highest BCUT2D eigenvalue weighted by molar-refractivity contribution is 7.92. The fraction of sp³-hybridized carbons (Fsp3) is 0.333. The van der Waals surface area contributed by atoms with Gasteiger partial charge in [0.05, 0.1) is 9.92 Å². The molecule has 0 bridgehead atoms. The van der Waals surface area contributed by atoms with E-state index in [4.69, 9.17) is 23.2 Å². The van der Waals surface area contributed by atoms with Gasteiger partial charge in [0.15, 0.2) is 0 Å². The number of nitrogens with zero attached hydrogens (tertiary/aromatic N) is 1. The lowest BCUT2D eigenvalue weighted by molar-refractivity contribution is 0.424. The minimum absolute atomic E-state index is 0.0391. The highest BCUT2D eigenvalue weighted by Crippen LogP contribution is 2.28. The molecule has 1 saturated heterocycles. The summed E-state index contributed by atoms with van der Waals surface area (Å²) >= 11 is 11.8. The van der Waals surface area contributed by atoms with Crippen molar-refractivity contribution in [2.24, 2.45) is 0 Å². The van der Waals surface area contributed by atoms with Crippen molar-refractivity contribution in [1.29, 1.82) is 0 Å². The minimum atomic E-state index is -3.97. The molecule has 1 aliphatic heterocycles. The molecule has 0 spiro atoms. The van der Waals surface area contributed by atoms with E-state index >= 15 is 0 Å². The molecule has 1 aliphatic rings. The summed E-state index contributed by atoms with van der Waals surface area (Å²) in [5, 5.41) is 0.279. The predicted molar refractivity (Wildman–Crippen MR) is 111 cm³/mol. The molecule has 0 aliphatic carbocycles. The number of benzene rings is 2. The summed E-state index contributed by atoms with van der Waals surface area (Å²) in [6.07, 6.45) is 3.74. The lowest BCUT2D eigenvalue weighted by Crippen LogP contribution is -2.31. The van der Waals surface area contributed by atoms with Crippen LogP contribution >= 0.6 is 23.2 Å². The molecule has 0 unspecified atom stereocenters. The molecule has 6 nitrogen and oxygen atoms in total. The van der Waals surface area contributed by atoms with Crippen LogP contribution in [0, 0.1) is 0 Å². The van der Waals surface area contributed by atoms with Crippen molar-refractivity contribution >= 4 is 48.9 Å². The Morgan fingerprint density at radius 2 is 1.43 bits per heavy atom. The molecule has 0 aromatic heterocycles. The quantitative estimate of drug-likeness (QED) is 0.714. The highest BCUT2D eigenvalue weighted by atomic mass is 35.5. The third kappa shape index (κ3) is 4.80. The Balaban J connectivity index is 1.81. The van der Waals surface area contributed by atoms with Crippen LogP contribution in [-0.2, 0) is 20.0 Å². The van der Waals surface area contributed by atoms with Crippen LogP contribution in [0.25, 0.3) is 0 Å². The van der Waals surface area contributed by atoms with Crippen molar-refractivity contribution in [2.45, 2.75) is 35.5 Å². The van der Waals surface area contributed by atoms with E-state index in [-0.39, 0.29) is 25.5 Å². The molecule has 0 saturated carbocycles. The zero-order valence-corrected chi connectivity index (χ0v) is 18.1. The molecule has 3 rings (SSSR count). The number of hydrogen-bond acceptors (Lipinski definition) is 4. The zero-order valence-electron chi connectivity index (χ0n) is 14.9. The van der Waals surface area contributed by atoms with Gasteiger partial charge >= 0.3 is 0 Å². The van der Waals surface area contributed by atoms with Gasteiger partial charge in [-0.3, -0.25) is 4.72 Å². The summed E-state index contributed by atoms with van der Waals surface area (Å²) in [5.74, 6) is 0. The van der Waals surface area contributed by atoms with Crippen molar-refractivity contribution in [3.8, 4) is 0 Å². The summed E-state index contributed by atoms with van der Waals surface area (Å²) < 4.78 is 54.6. The Hall–Kier alpha value is -1.32. The monoisotopic (exact) mass is 462 g/mol. The first kappa shape index (κ1) is 21.4. The molecular weight excluding hydrogens is 443 g/mol. The second kappa shape index (κ2) is 8.59. The molecule has 0 amide bonds. The van der Waals surface area contributed by atoms with E-state index in [1.807, 2.05) is 0 Å². The largest absolute Gasteiger partial charge is 0.280 e. The van der Waals surface area contributed by atoms with Crippen molar-refractivity contribution in [2.75, 3.05) is 17.8 Å². The van der Waals surface area contributed by atoms with E-state index in [1.54, 1.807) is 0 Å². The first-order chi connectivity index (χ1) is 13.2. The normalized spacial score (nSPS) is 16.5. The fourth-order valence-electron chi connectivity index (χ4n) is 3.02. The van der Waals surface area contributed by atoms with Crippen molar-refractivity contribution in [1.82, 2.24) is 4.31 Å². The van der Waals surface area contributed by atoms with Gasteiger partial charge < -0.3 is 0 Å². The Labute approximate surface area is 175 Å². The zero-order chi connectivity index (χ0) is 20.4. The summed E-state index contributed by atoms with van der Waals surface area (Å²) in [7, 11) is -7.56. The van der Waals surface area contributed by atoms with Gasteiger partial charge in [-0.1, -0.05) is 36.0 Å². The molecular formula is C18H20Cl2N2O4S2. The lowest BCUT2D eigenvalue weighted by Gasteiger charge is -2.20. The Kier molecular flexibility index (Phi) is 6.56. The number of halogens is 2. The summed E-state index contributed by atoms with van der Waals surface area (Å²) in [6, 6.07) is 9.78. The second-order valence-electron chi connectivity index (χ2n) is 6.52. The molecule has 1 heterocycles.